The van der Waals surface area contributed by atoms with Gasteiger partial charge in [-0.15, -0.1) is 0 Å². The normalized spacial score (nSPS) is 12.6. The minimum Gasteiger partial charge on any atom is -0.398 e. The first-order valence-electron chi connectivity index (χ1n) is 5.98. The summed E-state index contributed by atoms with van der Waals surface area (Å²) in [5.41, 5.74) is 8.10. The maximum Gasteiger partial charge on any atom is 0.255 e. The molecule has 1 rings (SSSR count). The molecule has 1 amide bonds. The average Bonchev–Trinajstić information content (AvgIpc) is 2.26. The third kappa shape index (κ3) is 2.99. The number of rotatable bonds is 3. The number of nitrogens with two attached hydrogens (primary N) is 1. The van der Waals surface area contributed by atoms with Crippen molar-refractivity contribution in [3.63, 3.8) is 0 Å². The molecule has 3 heteroatoms. The molecular weight excluding hydrogens is 212 g/mol. The number of nitrogen functional groups attached to an aromatic ring is 1. The van der Waals surface area contributed by atoms with E-state index in [-0.39, 0.29) is 11.9 Å². The summed E-state index contributed by atoms with van der Waals surface area (Å²) in [6.45, 7) is 8.22. The number of carbonyl (C=O) groups excluding carboxylic acids is 1. The van der Waals surface area contributed by atoms with Crippen molar-refractivity contribution in [1.29, 1.82) is 0 Å². The summed E-state index contributed by atoms with van der Waals surface area (Å²) in [6.07, 6.45) is 0. The van der Waals surface area contributed by atoms with Gasteiger partial charge in [0.2, 0.25) is 0 Å². The van der Waals surface area contributed by atoms with E-state index in [1.54, 1.807) is 11.0 Å². The number of nitrogens with zero attached hydrogens (tertiary/aromatic N) is 1. The van der Waals surface area contributed by atoms with Crippen molar-refractivity contribution >= 4 is 11.6 Å². The zero-order chi connectivity index (χ0) is 13.2. The van der Waals surface area contributed by atoms with Crippen LogP contribution in [0.2, 0.25) is 0 Å². The Morgan fingerprint density at radius 3 is 2.35 bits per heavy atom. The molecule has 17 heavy (non-hydrogen) atoms. The molecule has 3 nitrogen and oxygen atoms in total. The van der Waals surface area contributed by atoms with Gasteiger partial charge in [-0.2, -0.15) is 0 Å². The maximum atomic E-state index is 12.3. The van der Waals surface area contributed by atoms with E-state index < -0.39 is 0 Å². The Bertz CT molecular complexity index is 413. The van der Waals surface area contributed by atoms with Gasteiger partial charge >= 0.3 is 0 Å². The Kier molecular flexibility index (Phi) is 4.16. The molecule has 94 valence electrons. The van der Waals surface area contributed by atoms with Gasteiger partial charge < -0.3 is 10.6 Å². The summed E-state index contributed by atoms with van der Waals surface area (Å²) >= 11 is 0. The number of anilines is 1. The van der Waals surface area contributed by atoms with Crippen LogP contribution in [0.25, 0.3) is 0 Å². The highest BCUT2D eigenvalue weighted by Crippen LogP contribution is 2.18. The van der Waals surface area contributed by atoms with E-state index in [0.717, 1.165) is 5.56 Å². The van der Waals surface area contributed by atoms with Crippen LogP contribution in [0.1, 0.15) is 36.7 Å². The molecule has 0 aliphatic heterocycles. The van der Waals surface area contributed by atoms with Gasteiger partial charge in [0.1, 0.15) is 0 Å². The fourth-order valence-corrected chi connectivity index (χ4v) is 1.70. The average molecular weight is 234 g/mol. The highest BCUT2D eigenvalue weighted by molar-refractivity contribution is 5.99. The molecule has 1 atom stereocenters. The lowest BCUT2D eigenvalue weighted by atomic mass is 10.0. The molecular formula is C14H22N2O. The van der Waals surface area contributed by atoms with E-state index in [9.17, 15) is 4.79 Å². The molecule has 0 saturated carbocycles. The molecule has 1 aromatic carbocycles. The zero-order valence-electron chi connectivity index (χ0n) is 11.3. The lowest BCUT2D eigenvalue weighted by Crippen LogP contribution is -2.38. The molecule has 0 saturated heterocycles. The Morgan fingerprint density at radius 1 is 1.29 bits per heavy atom. The highest BCUT2D eigenvalue weighted by Gasteiger charge is 2.21. The number of aryl methyl sites for hydroxylation is 1. The van der Waals surface area contributed by atoms with E-state index >= 15 is 0 Å². The largest absolute Gasteiger partial charge is 0.398 e. The van der Waals surface area contributed by atoms with E-state index in [1.165, 1.54) is 0 Å². The number of benzene rings is 1. The van der Waals surface area contributed by atoms with Crippen LogP contribution in [0.3, 0.4) is 0 Å². The lowest BCUT2D eigenvalue weighted by Gasteiger charge is -2.28. The molecule has 0 aliphatic carbocycles. The zero-order valence-corrected chi connectivity index (χ0v) is 11.3. The molecule has 0 bridgehead atoms. The van der Waals surface area contributed by atoms with Crippen molar-refractivity contribution in [2.24, 2.45) is 5.92 Å². The summed E-state index contributed by atoms with van der Waals surface area (Å²) in [5.74, 6) is 0.416. The predicted molar refractivity (Wildman–Crippen MR) is 72.0 cm³/mol. The van der Waals surface area contributed by atoms with Crippen molar-refractivity contribution in [2.45, 2.75) is 33.7 Å². The van der Waals surface area contributed by atoms with Gasteiger partial charge in [-0.05, 0) is 37.5 Å². The van der Waals surface area contributed by atoms with E-state index in [0.29, 0.717) is 17.2 Å². The monoisotopic (exact) mass is 234 g/mol. The van der Waals surface area contributed by atoms with Gasteiger partial charge in [-0.25, -0.2) is 0 Å². The molecule has 2 N–H and O–H groups in total. The molecule has 1 unspecified atom stereocenters. The second-order valence-corrected chi connectivity index (χ2v) is 4.99. The van der Waals surface area contributed by atoms with Crippen LogP contribution in [-0.4, -0.2) is 23.9 Å². The standard InChI is InChI=1S/C14H22N2O/c1-9(2)11(4)16(5)14(17)12-7-6-10(3)8-13(12)15/h6-9,11H,15H2,1-5H3. The van der Waals surface area contributed by atoms with Crippen LogP contribution < -0.4 is 5.73 Å². The van der Waals surface area contributed by atoms with Crippen LogP contribution in [-0.2, 0) is 0 Å². The van der Waals surface area contributed by atoms with Crippen LogP contribution in [0.15, 0.2) is 18.2 Å². The molecule has 1 aromatic rings. The maximum absolute atomic E-state index is 12.3. The molecule has 0 heterocycles. The minimum atomic E-state index is -0.0105. The van der Waals surface area contributed by atoms with Crippen LogP contribution >= 0.6 is 0 Å². The summed E-state index contributed by atoms with van der Waals surface area (Å²) in [6, 6.07) is 5.75. The second kappa shape index (κ2) is 5.21. The molecule has 0 aromatic heterocycles. The fraction of sp³-hybridized carbons (Fsp3) is 0.500. The van der Waals surface area contributed by atoms with Crippen LogP contribution in [0.5, 0.6) is 0 Å². The fourth-order valence-electron chi connectivity index (χ4n) is 1.70. The van der Waals surface area contributed by atoms with Gasteiger partial charge in [-0.3, -0.25) is 4.79 Å². The molecule has 0 aliphatic rings. The van der Waals surface area contributed by atoms with Crippen molar-refractivity contribution in [1.82, 2.24) is 4.90 Å². The van der Waals surface area contributed by atoms with Gasteiger partial charge in [0.25, 0.3) is 5.91 Å². The number of amides is 1. The Hall–Kier alpha value is -1.51. The van der Waals surface area contributed by atoms with Crippen molar-refractivity contribution in [3.05, 3.63) is 29.3 Å². The molecule has 0 radical (unpaired) electrons. The molecule has 0 fully saturated rings. The van der Waals surface area contributed by atoms with Crippen molar-refractivity contribution < 1.29 is 4.79 Å². The van der Waals surface area contributed by atoms with Crippen molar-refractivity contribution in [2.75, 3.05) is 12.8 Å². The van der Waals surface area contributed by atoms with Crippen LogP contribution in [0, 0.1) is 12.8 Å². The van der Waals surface area contributed by atoms with Crippen LogP contribution in [0.4, 0.5) is 5.69 Å². The SMILES string of the molecule is Cc1ccc(C(=O)N(C)C(C)C(C)C)c(N)c1. The highest BCUT2D eigenvalue weighted by atomic mass is 16.2. The Labute approximate surface area is 104 Å². The van der Waals surface area contributed by atoms with Gasteiger partial charge in [-0.1, -0.05) is 19.9 Å². The van der Waals surface area contributed by atoms with Crippen molar-refractivity contribution in [3.8, 4) is 0 Å². The van der Waals surface area contributed by atoms with Gasteiger partial charge in [0, 0.05) is 18.8 Å². The number of hydrogen-bond donors (Lipinski definition) is 1. The smallest absolute Gasteiger partial charge is 0.255 e. The first kappa shape index (κ1) is 13.6. The topological polar surface area (TPSA) is 46.3 Å². The minimum absolute atomic E-state index is 0.0105. The third-order valence-electron chi connectivity index (χ3n) is 3.33. The lowest BCUT2D eigenvalue weighted by molar-refractivity contribution is 0.0708. The second-order valence-electron chi connectivity index (χ2n) is 4.99. The Balaban J connectivity index is 2.96. The number of carbonyl (C=O) groups is 1. The summed E-state index contributed by atoms with van der Waals surface area (Å²) in [4.78, 5) is 14.0. The number of hydrogen-bond acceptors (Lipinski definition) is 2. The predicted octanol–water partition coefficient (Wildman–Crippen LogP) is 2.69. The van der Waals surface area contributed by atoms with E-state index in [4.69, 9.17) is 5.73 Å². The third-order valence-corrected chi connectivity index (χ3v) is 3.33. The first-order chi connectivity index (χ1) is 7.84. The quantitative estimate of drug-likeness (QED) is 0.817. The summed E-state index contributed by atoms with van der Waals surface area (Å²) in [5, 5.41) is 0. The van der Waals surface area contributed by atoms with Gasteiger partial charge in [0.05, 0.1) is 5.56 Å². The van der Waals surface area contributed by atoms with E-state index in [2.05, 4.69) is 13.8 Å². The Morgan fingerprint density at radius 2 is 1.88 bits per heavy atom. The molecule has 0 spiro atoms. The summed E-state index contributed by atoms with van der Waals surface area (Å²) in [7, 11) is 1.83. The van der Waals surface area contributed by atoms with E-state index in [1.807, 2.05) is 33.0 Å². The van der Waals surface area contributed by atoms with Gasteiger partial charge in [0.15, 0.2) is 0 Å². The summed E-state index contributed by atoms with van der Waals surface area (Å²) < 4.78 is 0. The first-order valence-corrected chi connectivity index (χ1v) is 5.98.